The van der Waals surface area contributed by atoms with E-state index in [4.69, 9.17) is 9.15 Å². The zero-order valence-corrected chi connectivity index (χ0v) is 10.5. The Morgan fingerprint density at radius 1 is 1.72 bits per heavy atom. The normalized spacial score (nSPS) is 13.9. The van der Waals surface area contributed by atoms with Gasteiger partial charge in [0.05, 0.1) is 19.4 Å². The topological polar surface area (TPSA) is 71.7 Å². The Bertz CT molecular complexity index is 361. The van der Waals surface area contributed by atoms with Gasteiger partial charge in [0.1, 0.15) is 18.0 Å². The maximum atomic E-state index is 11.6. The van der Waals surface area contributed by atoms with Crippen LogP contribution in [0.1, 0.15) is 25.2 Å². The van der Waals surface area contributed by atoms with Crippen molar-refractivity contribution in [1.29, 1.82) is 0 Å². The van der Waals surface area contributed by atoms with Crippen LogP contribution in [0.2, 0.25) is 0 Å². The van der Waals surface area contributed by atoms with Gasteiger partial charge in [0, 0.05) is 0 Å². The highest BCUT2D eigenvalue weighted by Crippen LogP contribution is 2.11. The van der Waals surface area contributed by atoms with Crippen molar-refractivity contribution in [1.82, 2.24) is 5.32 Å². The van der Waals surface area contributed by atoms with Gasteiger partial charge in [-0.25, -0.2) is 0 Å². The first kappa shape index (κ1) is 14.5. The van der Waals surface area contributed by atoms with E-state index in [0.29, 0.717) is 18.8 Å². The minimum Gasteiger partial charge on any atom is -0.467 e. The zero-order chi connectivity index (χ0) is 13.4. The Morgan fingerprint density at radius 2 is 2.50 bits per heavy atom. The molecule has 0 aromatic carbocycles. The monoisotopic (exact) mass is 253 g/mol. The van der Waals surface area contributed by atoms with Crippen LogP contribution >= 0.6 is 0 Å². The third-order valence-corrected chi connectivity index (χ3v) is 2.40. The minimum absolute atomic E-state index is 0.0987. The predicted molar refractivity (Wildman–Crippen MR) is 66.9 cm³/mol. The van der Waals surface area contributed by atoms with Crippen molar-refractivity contribution in [2.45, 2.75) is 25.6 Å². The van der Waals surface area contributed by atoms with E-state index in [9.17, 15) is 9.90 Å². The smallest absolute Gasteiger partial charge is 0.248 e. The molecule has 0 aliphatic rings. The van der Waals surface area contributed by atoms with Crippen molar-refractivity contribution >= 4 is 5.91 Å². The van der Waals surface area contributed by atoms with Crippen LogP contribution in [0, 0.1) is 0 Å². The summed E-state index contributed by atoms with van der Waals surface area (Å²) in [6, 6.07) is 3.34. The molecule has 0 fully saturated rings. The number of carbonyl (C=O) groups excluding carboxylic acids is 1. The summed E-state index contributed by atoms with van der Waals surface area (Å²) >= 11 is 0. The van der Waals surface area contributed by atoms with Crippen molar-refractivity contribution < 1.29 is 19.1 Å². The first-order valence-corrected chi connectivity index (χ1v) is 5.86. The van der Waals surface area contributed by atoms with Crippen molar-refractivity contribution in [3.05, 3.63) is 36.8 Å². The minimum atomic E-state index is -0.843. The molecule has 1 heterocycles. The molecule has 0 aliphatic heterocycles. The Labute approximate surface area is 106 Å². The quantitative estimate of drug-likeness (QED) is 0.543. The fraction of sp³-hybridized carbons (Fsp3) is 0.462. The second-order valence-electron chi connectivity index (χ2n) is 3.87. The van der Waals surface area contributed by atoms with Crippen LogP contribution in [0.15, 0.2) is 35.5 Å². The highest BCUT2D eigenvalue weighted by molar-refractivity contribution is 5.80. The Kier molecular flexibility index (Phi) is 6.18. The van der Waals surface area contributed by atoms with Crippen molar-refractivity contribution in [2.75, 3.05) is 13.2 Å². The molecule has 0 aliphatic carbocycles. The van der Waals surface area contributed by atoms with E-state index in [1.54, 1.807) is 25.1 Å². The number of ether oxygens (including phenoxy) is 1. The van der Waals surface area contributed by atoms with Gasteiger partial charge >= 0.3 is 0 Å². The number of aliphatic hydroxyl groups is 1. The van der Waals surface area contributed by atoms with E-state index in [-0.39, 0.29) is 12.5 Å². The van der Waals surface area contributed by atoms with E-state index in [2.05, 4.69) is 11.9 Å². The number of aliphatic hydroxyl groups excluding tert-OH is 1. The van der Waals surface area contributed by atoms with Crippen LogP contribution in [-0.4, -0.2) is 30.3 Å². The molecule has 18 heavy (non-hydrogen) atoms. The molecule has 0 saturated carbocycles. The lowest BCUT2D eigenvalue weighted by atomic mass is 10.2. The summed E-state index contributed by atoms with van der Waals surface area (Å²) in [7, 11) is 0. The lowest BCUT2D eigenvalue weighted by Gasteiger charge is -2.14. The molecule has 2 N–H and O–H groups in total. The number of amides is 1. The van der Waals surface area contributed by atoms with Crippen LogP contribution in [-0.2, 0) is 9.53 Å². The number of nitrogens with one attached hydrogen (secondary N) is 1. The van der Waals surface area contributed by atoms with Crippen molar-refractivity contribution in [3.8, 4) is 0 Å². The van der Waals surface area contributed by atoms with Crippen LogP contribution in [0.25, 0.3) is 0 Å². The van der Waals surface area contributed by atoms with Gasteiger partial charge in [0.2, 0.25) is 5.91 Å². The van der Waals surface area contributed by atoms with Crippen molar-refractivity contribution in [2.24, 2.45) is 0 Å². The third-order valence-electron chi connectivity index (χ3n) is 2.40. The summed E-state index contributed by atoms with van der Waals surface area (Å²) in [4.78, 5) is 11.6. The van der Waals surface area contributed by atoms with Crippen LogP contribution in [0.3, 0.4) is 0 Å². The van der Waals surface area contributed by atoms with Crippen LogP contribution < -0.4 is 5.32 Å². The summed E-state index contributed by atoms with van der Waals surface area (Å²) < 4.78 is 10.3. The molecule has 1 aromatic rings. The molecule has 1 amide bonds. The van der Waals surface area contributed by atoms with Gasteiger partial charge < -0.3 is 19.6 Å². The van der Waals surface area contributed by atoms with Gasteiger partial charge in [0.25, 0.3) is 0 Å². The molecule has 1 aromatic heterocycles. The van der Waals surface area contributed by atoms with Gasteiger partial charge in [-0.1, -0.05) is 6.08 Å². The van der Waals surface area contributed by atoms with Gasteiger partial charge in [-0.05, 0) is 25.5 Å². The molecule has 2 unspecified atom stereocenters. The van der Waals surface area contributed by atoms with Gasteiger partial charge in [0.15, 0.2) is 0 Å². The molecule has 2 atom stereocenters. The third kappa shape index (κ3) is 4.73. The lowest BCUT2D eigenvalue weighted by Crippen LogP contribution is -2.37. The Morgan fingerprint density at radius 3 is 3.11 bits per heavy atom. The second-order valence-corrected chi connectivity index (χ2v) is 3.87. The molecule has 0 saturated heterocycles. The Hall–Kier alpha value is -1.59. The Balaban J connectivity index is 2.25. The summed E-state index contributed by atoms with van der Waals surface area (Å²) in [5.74, 6) is 0.167. The molecular formula is C13H19NO4. The van der Waals surface area contributed by atoms with Crippen molar-refractivity contribution in [3.63, 3.8) is 0 Å². The molecule has 5 nitrogen and oxygen atoms in total. The first-order chi connectivity index (χ1) is 8.65. The lowest BCUT2D eigenvalue weighted by molar-refractivity contribution is -0.132. The second kappa shape index (κ2) is 7.68. The largest absolute Gasteiger partial charge is 0.467 e. The highest BCUT2D eigenvalue weighted by Gasteiger charge is 2.16. The molecule has 0 bridgehead atoms. The number of furan rings is 1. The summed E-state index contributed by atoms with van der Waals surface area (Å²) in [5.41, 5.74) is 0. The van der Waals surface area contributed by atoms with E-state index in [0.717, 1.165) is 0 Å². The van der Waals surface area contributed by atoms with E-state index in [1.807, 2.05) is 0 Å². The summed E-state index contributed by atoms with van der Waals surface area (Å²) in [6.07, 6.45) is 2.51. The average Bonchev–Trinajstić information content (AvgIpc) is 2.89. The van der Waals surface area contributed by atoms with Gasteiger partial charge in [-0.3, -0.25) is 4.79 Å². The maximum Gasteiger partial charge on any atom is 0.248 e. The maximum absolute atomic E-state index is 11.6. The average molecular weight is 253 g/mol. The van der Waals surface area contributed by atoms with Crippen LogP contribution in [0.4, 0.5) is 0 Å². The summed E-state index contributed by atoms with van der Waals surface area (Å²) in [6.45, 7) is 5.79. The SMILES string of the molecule is C=CCCOC(C)C(=O)NCC(O)c1ccco1. The molecular weight excluding hydrogens is 234 g/mol. The molecule has 0 spiro atoms. The molecule has 0 radical (unpaired) electrons. The first-order valence-electron chi connectivity index (χ1n) is 5.86. The van der Waals surface area contributed by atoms with E-state index >= 15 is 0 Å². The number of carbonyl (C=O) groups is 1. The molecule has 100 valence electrons. The molecule has 1 rings (SSSR count). The number of hydrogen-bond acceptors (Lipinski definition) is 4. The predicted octanol–water partition coefficient (Wildman–Crippen LogP) is 1.41. The van der Waals surface area contributed by atoms with E-state index < -0.39 is 12.2 Å². The fourth-order valence-corrected chi connectivity index (χ4v) is 1.33. The standard InChI is InChI=1S/C13H19NO4/c1-3-4-7-17-10(2)13(16)14-9-11(15)12-6-5-8-18-12/h3,5-6,8,10-11,15H,1,4,7,9H2,2H3,(H,14,16). The summed E-state index contributed by atoms with van der Waals surface area (Å²) in [5, 5.41) is 12.3. The molecule has 5 heteroatoms. The number of rotatable bonds is 8. The number of hydrogen-bond donors (Lipinski definition) is 2. The van der Waals surface area contributed by atoms with E-state index in [1.165, 1.54) is 6.26 Å². The zero-order valence-electron chi connectivity index (χ0n) is 10.5. The highest BCUT2D eigenvalue weighted by atomic mass is 16.5. The van der Waals surface area contributed by atoms with Gasteiger partial charge in [-0.2, -0.15) is 0 Å². The van der Waals surface area contributed by atoms with Crippen LogP contribution in [0.5, 0.6) is 0 Å². The fourth-order valence-electron chi connectivity index (χ4n) is 1.33. The van der Waals surface area contributed by atoms with Gasteiger partial charge in [-0.15, -0.1) is 6.58 Å².